The third-order valence-electron chi connectivity index (χ3n) is 3.93. The summed E-state index contributed by atoms with van der Waals surface area (Å²) in [5.74, 6) is 0. The van der Waals surface area contributed by atoms with E-state index < -0.39 is 0 Å². The minimum atomic E-state index is 0.127. The quantitative estimate of drug-likeness (QED) is 0.861. The van der Waals surface area contributed by atoms with Crippen molar-refractivity contribution in [3.63, 3.8) is 0 Å². The van der Waals surface area contributed by atoms with Gasteiger partial charge in [-0.25, -0.2) is 0 Å². The van der Waals surface area contributed by atoms with Crippen LogP contribution in [0.3, 0.4) is 0 Å². The number of rotatable bonds is 5. The van der Waals surface area contributed by atoms with Crippen molar-refractivity contribution >= 4 is 0 Å². The smallest absolute Gasteiger partial charge is 0.0953 e. The van der Waals surface area contributed by atoms with E-state index in [1.807, 2.05) is 0 Å². The predicted molar refractivity (Wildman–Crippen MR) is 85.0 cm³/mol. The summed E-state index contributed by atoms with van der Waals surface area (Å²) >= 11 is 0. The molecule has 0 heterocycles. The van der Waals surface area contributed by atoms with Crippen LogP contribution in [-0.4, -0.2) is 18.2 Å². The standard InChI is InChI=1S/C18H29NO/c1-14-9-11-15(12-10-14)17(13-19-18(2,3)4)20-16-7-5-6-8-16/h9-12,16-17,19H,5-8,13H2,1-4H3. The Morgan fingerprint density at radius 2 is 1.75 bits per heavy atom. The molecule has 1 aromatic carbocycles. The average molecular weight is 275 g/mol. The van der Waals surface area contributed by atoms with Gasteiger partial charge in [0, 0.05) is 12.1 Å². The van der Waals surface area contributed by atoms with Gasteiger partial charge >= 0.3 is 0 Å². The van der Waals surface area contributed by atoms with Gasteiger partial charge in [-0.05, 0) is 46.1 Å². The van der Waals surface area contributed by atoms with E-state index in [4.69, 9.17) is 4.74 Å². The van der Waals surface area contributed by atoms with Crippen molar-refractivity contribution in [1.82, 2.24) is 5.32 Å². The van der Waals surface area contributed by atoms with Gasteiger partial charge in [0.15, 0.2) is 0 Å². The summed E-state index contributed by atoms with van der Waals surface area (Å²) in [4.78, 5) is 0. The van der Waals surface area contributed by atoms with Gasteiger partial charge in [0.25, 0.3) is 0 Å². The minimum absolute atomic E-state index is 0.127. The van der Waals surface area contributed by atoms with Crippen LogP contribution >= 0.6 is 0 Å². The highest BCUT2D eigenvalue weighted by atomic mass is 16.5. The molecule has 0 radical (unpaired) electrons. The maximum absolute atomic E-state index is 6.37. The molecule has 0 amide bonds. The molecular weight excluding hydrogens is 246 g/mol. The van der Waals surface area contributed by atoms with Gasteiger partial charge in [-0.2, -0.15) is 0 Å². The van der Waals surface area contributed by atoms with Crippen molar-refractivity contribution in [3.05, 3.63) is 35.4 Å². The van der Waals surface area contributed by atoms with Crippen LogP contribution < -0.4 is 5.32 Å². The summed E-state index contributed by atoms with van der Waals surface area (Å²) < 4.78 is 6.37. The molecule has 112 valence electrons. The highest BCUT2D eigenvalue weighted by molar-refractivity contribution is 5.23. The van der Waals surface area contributed by atoms with Crippen LogP contribution in [0.1, 0.15) is 63.7 Å². The van der Waals surface area contributed by atoms with E-state index in [1.165, 1.54) is 36.8 Å². The Bertz CT molecular complexity index is 398. The zero-order valence-electron chi connectivity index (χ0n) is 13.4. The number of aryl methyl sites for hydroxylation is 1. The monoisotopic (exact) mass is 275 g/mol. The molecule has 1 fully saturated rings. The lowest BCUT2D eigenvalue weighted by Crippen LogP contribution is -2.39. The zero-order chi connectivity index (χ0) is 14.6. The van der Waals surface area contributed by atoms with Gasteiger partial charge in [0.05, 0.1) is 12.2 Å². The first kappa shape index (κ1) is 15.5. The second-order valence-electron chi connectivity index (χ2n) is 7.07. The summed E-state index contributed by atoms with van der Waals surface area (Å²) in [5, 5.41) is 3.58. The molecule has 1 aliphatic rings. The number of hydrogen-bond donors (Lipinski definition) is 1. The summed E-state index contributed by atoms with van der Waals surface area (Å²) in [6.07, 6.45) is 5.69. The van der Waals surface area contributed by atoms with Crippen LogP contribution in [-0.2, 0) is 4.74 Å². The maximum Gasteiger partial charge on any atom is 0.0953 e. The third kappa shape index (κ3) is 4.92. The van der Waals surface area contributed by atoms with E-state index in [0.717, 1.165) is 6.54 Å². The molecule has 1 saturated carbocycles. The van der Waals surface area contributed by atoms with Crippen molar-refractivity contribution in [2.75, 3.05) is 6.54 Å². The first-order chi connectivity index (χ1) is 9.44. The fourth-order valence-corrected chi connectivity index (χ4v) is 2.68. The molecule has 1 atom stereocenters. The molecule has 0 saturated heterocycles. The lowest BCUT2D eigenvalue weighted by molar-refractivity contribution is -0.0114. The SMILES string of the molecule is Cc1ccc(C(CNC(C)(C)C)OC2CCCC2)cc1. The van der Waals surface area contributed by atoms with Crippen molar-refractivity contribution < 1.29 is 4.74 Å². The predicted octanol–water partition coefficient (Wildman–Crippen LogP) is 4.38. The van der Waals surface area contributed by atoms with Crippen molar-refractivity contribution in [3.8, 4) is 0 Å². The van der Waals surface area contributed by atoms with Gasteiger partial charge in [-0.15, -0.1) is 0 Å². The van der Waals surface area contributed by atoms with Crippen LogP contribution in [0.4, 0.5) is 0 Å². The Balaban J connectivity index is 2.03. The molecule has 1 aromatic rings. The van der Waals surface area contributed by atoms with Crippen LogP contribution in [0.2, 0.25) is 0 Å². The Morgan fingerprint density at radius 1 is 1.15 bits per heavy atom. The summed E-state index contributed by atoms with van der Waals surface area (Å²) in [6, 6.07) is 8.77. The Kier molecular flexibility index (Phi) is 5.22. The lowest BCUT2D eigenvalue weighted by Gasteiger charge is -2.28. The molecule has 2 nitrogen and oxygen atoms in total. The van der Waals surface area contributed by atoms with Gasteiger partial charge in [-0.3, -0.25) is 0 Å². The average Bonchev–Trinajstić information content (AvgIpc) is 2.87. The second-order valence-corrected chi connectivity index (χ2v) is 7.07. The fraction of sp³-hybridized carbons (Fsp3) is 0.667. The summed E-state index contributed by atoms with van der Waals surface area (Å²) in [6.45, 7) is 9.62. The Hall–Kier alpha value is -0.860. The van der Waals surface area contributed by atoms with Crippen molar-refractivity contribution in [1.29, 1.82) is 0 Å². The van der Waals surface area contributed by atoms with Crippen molar-refractivity contribution in [2.24, 2.45) is 0 Å². The van der Waals surface area contributed by atoms with E-state index in [1.54, 1.807) is 0 Å². The summed E-state index contributed by atoms with van der Waals surface area (Å²) in [7, 11) is 0. The normalized spacial score (nSPS) is 18.4. The van der Waals surface area contributed by atoms with Crippen LogP contribution in [0.25, 0.3) is 0 Å². The molecule has 0 spiro atoms. The number of ether oxygens (including phenoxy) is 1. The number of hydrogen-bond acceptors (Lipinski definition) is 2. The topological polar surface area (TPSA) is 21.3 Å². The molecule has 2 heteroatoms. The van der Waals surface area contributed by atoms with Crippen LogP contribution in [0.15, 0.2) is 24.3 Å². The Labute approximate surface area is 123 Å². The van der Waals surface area contributed by atoms with Gasteiger partial charge in [-0.1, -0.05) is 42.7 Å². The lowest BCUT2D eigenvalue weighted by atomic mass is 10.0. The van der Waals surface area contributed by atoms with Crippen LogP contribution in [0, 0.1) is 6.92 Å². The van der Waals surface area contributed by atoms with Gasteiger partial charge in [0.2, 0.25) is 0 Å². The van der Waals surface area contributed by atoms with Crippen molar-refractivity contribution in [2.45, 2.75) is 71.1 Å². The van der Waals surface area contributed by atoms with Gasteiger partial charge in [0.1, 0.15) is 0 Å². The van der Waals surface area contributed by atoms with Crippen LogP contribution in [0.5, 0.6) is 0 Å². The first-order valence-electron chi connectivity index (χ1n) is 7.91. The maximum atomic E-state index is 6.37. The van der Waals surface area contributed by atoms with E-state index in [-0.39, 0.29) is 11.6 Å². The largest absolute Gasteiger partial charge is 0.369 e. The second kappa shape index (κ2) is 6.73. The van der Waals surface area contributed by atoms with E-state index in [0.29, 0.717) is 6.10 Å². The zero-order valence-corrected chi connectivity index (χ0v) is 13.4. The highest BCUT2D eigenvalue weighted by Gasteiger charge is 2.23. The molecule has 0 bridgehead atoms. The highest BCUT2D eigenvalue weighted by Crippen LogP contribution is 2.28. The molecular formula is C18H29NO. The van der Waals surface area contributed by atoms with Gasteiger partial charge < -0.3 is 10.1 Å². The molecule has 0 aromatic heterocycles. The molecule has 1 aliphatic carbocycles. The molecule has 0 aliphatic heterocycles. The Morgan fingerprint density at radius 3 is 2.30 bits per heavy atom. The molecule has 1 unspecified atom stereocenters. The summed E-state index contributed by atoms with van der Waals surface area (Å²) in [5.41, 5.74) is 2.72. The number of benzene rings is 1. The first-order valence-corrected chi connectivity index (χ1v) is 7.91. The number of nitrogens with one attached hydrogen (secondary N) is 1. The minimum Gasteiger partial charge on any atom is -0.369 e. The molecule has 20 heavy (non-hydrogen) atoms. The van der Waals surface area contributed by atoms with E-state index >= 15 is 0 Å². The van der Waals surface area contributed by atoms with E-state index in [9.17, 15) is 0 Å². The fourth-order valence-electron chi connectivity index (χ4n) is 2.68. The molecule has 1 N–H and O–H groups in total. The third-order valence-corrected chi connectivity index (χ3v) is 3.93. The molecule has 2 rings (SSSR count). The van der Waals surface area contributed by atoms with E-state index in [2.05, 4.69) is 57.3 Å².